The molecule has 1 atom stereocenters. The van der Waals surface area contributed by atoms with E-state index < -0.39 is 5.91 Å². The zero-order valence-electron chi connectivity index (χ0n) is 12.6. The molecule has 8 nitrogen and oxygen atoms in total. The maximum atomic E-state index is 12.1. The summed E-state index contributed by atoms with van der Waals surface area (Å²) in [7, 11) is 1.83. The zero-order chi connectivity index (χ0) is 15.7. The molecule has 0 radical (unpaired) electrons. The number of piperidine rings is 1. The molecule has 3 amide bonds. The van der Waals surface area contributed by atoms with E-state index in [1.807, 2.05) is 11.9 Å². The van der Waals surface area contributed by atoms with Gasteiger partial charge in [-0.15, -0.1) is 0 Å². The van der Waals surface area contributed by atoms with E-state index in [2.05, 4.69) is 14.9 Å². The summed E-state index contributed by atoms with van der Waals surface area (Å²) in [6.07, 6.45) is 4.97. The van der Waals surface area contributed by atoms with Gasteiger partial charge in [0.25, 0.3) is 5.91 Å². The normalized spacial score (nSPS) is 22.3. The molecule has 2 saturated heterocycles. The van der Waals surface area contributed by atoms with Crippen LogP contribution in [0.15, 0.2) is 12.4 Å². The average molecular weight is 304 g/mol. The molecule has 22 heavy (non-hydrogen) atoms. The number of rotatable bonds is 3. The van der Waals surface area contributed by atoms with Crippen LogP contribution in [0.4, 0.5) is 10.6 Å². The van der Waals surface area contributed by atoms with Gasteiger partial charge >= 0.3 is 6.03 Å². The number of carbonyl (C=O) groups excluding carboxylic acids is 2. The highest BCUT2D eigenvalue weighted by atomic mass is 16.2. The Labute approximate surface area is 128 Å². The number of nitrogens with two attached hydrogens (primary N) is 1. The molecule has 8 heteroatoms. The Balaban J connectivity index is 1.70. The van der Waals surface area contributed by atoms with Gasteiger partial charge in [-0.1, -0.05) is 0 Å². The van der Waals surface area contributed by atoms with E-state index in [0.717, 1.165) is 44.8 Å². The lowest BCUT2D eigenvalue weighted by Crippen LogP contribution is -2.49. The number of urea groups is 1. The number of nitrogens with zero attached hydrogens (tertiary/aromatic N) is 5. The van der Waals surface area contributed by atoms with Gasteiger partial charge in [0.05, 0.1) is 18.4 Å². The van der Waals surface area contributed by atoms with E-state index in [0.29, 0.717) is 0 Å². The number of anilines is 1. The topological polar surface area (TPSA) is 95.7 Å². The fourth-order valence-corrected chi connectivity index (χ4v) is 3.04. The second kappa shape index (κ2) is 5.78. The largest absolute Gasteiger partial charge is 0.364 e. The summed E-state index contributed by atoms with van der Waals surface area (Å²) in [6, 6.07) is 0.297. The van der Waals surface area contributed by atoms with Gasteiger partial charge in [-0.2, -0.15) is 0 Å². The van der Waals surface area contributed by atoms with Crippen molar-refractivity contribution in [2.24, 2.45) is 5.73 Å². The number of hydrogen-bond donors (Lipinski definition) is 1. The van der Waals surface area contributed by atoms with Crippen molar-refractivity contribution >= 4 is 17.8 Å². The van der Waals surface area contributed by atoms with Gasteiger partial charge in [0.1, 0.15) is 11.5 Å². The minimum Gasteiger partial charge on any atom is -0.364 e. The molecule has 0 bridgehead atoms. The van der Waals surface area contributed by atoms with Crippen molar-refractivity contribution in [3.05, 3.63) is 18.1 Å². The van der Waals surface area contributed by atoms with Crippen molar-refractivity contribution in [3.8, 4) is 0 Å². The summed E-state index contributed by atoms with van der Waals surface area (Å²) in [6.45, 7) is 3.17. The highest BCUT2D eigenvalue weighted by molar-refractivity contribution is 5.90. The molecule has 0 unspecified atom stereocenters. The first-order valence-corrected chi connectivity index (χ1v) is 7.45. The van der Waals surface area contributed by atoms with Gasteiger partial charge in [-0.05, 0) is 12.8 Å². The van der Waals surface area contributed by atoms with Crippen LogP contribution in [0.1, 0.15) is 23.3 Å². The van der Waals surface area contributed by atoms with Gasteiger partial charge < -0.3 is 20.4 Å². The van der Waals surface area contributed by atoms with E-state index >= 15 is 0 Å². The third-order valence-corrected chi connectivity index (χ3v) is 4.30. The van der Waals surface area contributed by atoms with Crippen LogP contribution in [0.5, 0.6) is 0 Å². The average Bonchev–Trinajstić information content (AvgIpc) is 2.87. The number of primary amides is 1. The van der Waals surface area contributed by atoms with E-state index in [4.69, 9.17) is 5.73 Å². The van der Waals surface area contributed by atoms with Gasteiger partial charge in [0, 0.05) is 33.2 Å². The first-order valence-electron chi connectivity index (χ1n) is 7.45. The molecule has 0 aromatic carbocycles. The summed E-state index contributed by atoms with van der Waals surface area (Å²) in [5.41, 5.74) is 5.33. The summed E-state index contributed by atoms with van der Waals surface area (Å²) >= 11 is 0. The summed E-state index contributed by atoms with van der Waals surface area (Å²) < 4.78 is 0. The van der Waals surface area contributed by atoms with Gasteiger partial charge in [-0.3, -0.25) is 4.79 Å². The van der Waals surface area contributed by atoms with E-state index in [-0.39, 0.29) is 17.8 Å². The van der Waals surface area contributed by atoms with Crippen molar-refractivity contribution in [1.82, 2.24) is 19.8 Å². The third kappa shape index (κ3) is 2.68. The standard InChI is InChI=1S/C14H20N6O2/c1-18-5-6-20(14(18)22)10-3-2-4-19(9-10)12-8-16-11(7-17-12)13(15)21/h7-8,10H,2-6,9H2,1H3,(H2,15,21)/t10-/m1/s1. The molecule has 118 valence electrons. The second-order valence-electron chi connectivity index (χ2n) is 5.76. The molecule has 0 spiro atoms. The summed E-state index contributed by atoms with van der Waals surface area (Å²) in [5, 5.41) is 0. The van der Waals surface area contributed by atoms with Crippen LogP contribution in [-0.4, -0.2) is 71.0 Å². The third-order valence-electron chi connectivity index (χ3n) is 4.30. The summed E-state index contributed by atoms with van der Waals surface area (Å²) in [4.78, 5) is 37.3. The molecule has 2 fully saturated rings. The minimum absolute atomic E-state index is 0.0991. The molecule has 1 aromatic heterocycles. The smallest absolute Gasteiger partial charge is 0.320 e. The first kappa shape index (κ1) is 14.6. The Kier molecular flexibility index (Phi) is 3.82. The lowest BCUT2D eigenvalue weighted by Gasteiger charge is -2.37. The molecule has 2 aliphatic heterocycles. The van der Waals surface area contributed by atoms with Crippen molar-refractivity contribution < 1.29 is 9.59 Å². The van der Waals surface area contributed by atoms with Crippen molar-refractivity contribution in [2.45, 2.75) is 18.9 Å². The van der Waals surface area contributed by atoms with Gasteiger partial charge in [0.15, 0.2) is 0 Å². The lowest BCUT2D eigenvalue weighted by molar-refractivity contribution is 0.0995. The van der Waals surface area contributed by atoms with Gasteiger partial charge in [-0.25, -0.2) is 14.8 Å². The number of likely N-dealkylation sites (N-methyl/N-ethyl adjacent to an activating group) is 1. The molecule has 0 saturated carbocycles. The molecule has 3 heterocycles. The van der Waals surface area contributed by atoms with E-state index in [9.17, 15) is 9.59 Å². The molecule has 0 aliphatic carbocycles. The van der Waals surface area contributed by atoms with Crippen LogP contribution in [0.2, 0.25) is 0 Å². The Morgan fingerprint density at radius 3 is 2.68 bits per heavy atom. The Morgan fingerprint density at radius 2 is 2.09 bits per heavy atom. The highest BCUT2D eigenvalue weighted by Gasteiger charge is 2.34. The van der Waals surface area contributed by atoms with E-state index in [1.165, 1.54) is 6.20 Å². The van der Waals surface area contributed by atoms with Crippen LogP contribution in [0.25, 0.3) is 0 Å². The first-order chi connectivity index (χ1) is 10.6. The predicted molar refractivity (Wildman–Crippen MR) is 80.5 cm³/mol. The number of hydrogen-bond acceptors (Lipinski definition) is 5. The number of aromatic nitrogens is 2. The fraction of sp³-hybridized carbons (Fsp3) is 0.571. The molecular formula is C14H20N6O2. The van der Waals surface area contributed by atoms with Gasteiger partial charge in [0.2, 0.25) is 0 Å². The van der Waals surface area contributed by atoms with Crippen LogP contribution < -0.4 is 10.6 Å². The molecule has 2 N–H and O–H groups in total. The quantitative estimate of drug-likeness (QED) is 0.842. The van der Waals surface area contributed by atoms with Crippen molar-refractivity contribution in [3.63, 3.8) is 0 Å². The highest BCUT2D eigenvalue weighted by Crippen LogP contribution is 2.23. The van der Waals surface area contributed by atoms with Crippen LogP contribution in [-0.2, 0) is 0 Å². The second-order valence-corrected chi connectivity index (χ2v) is 5.76. The fourth-order valence-electron chi connectivity index (χ4n) is 3.04. The molecule has 2 aliphatic rings. The molecule has 1 aromatic rings. The monoisotopic (exact) mass is 304 g/mol. The Bertz CT molecular complexity index is 575. The van der Waals surface area contributed by atoms with Crippen LogP contribution in [0.3, 0.4) is 0 Å². The number of amides is 3. The molecule has 3 rings (SSSR count). The van der Waals surface area contributed by atoms with Crippen molar-refractivity contribution in [1.29, 1.82) is 0 Å². The predicted octanol–water partition coefficient (Wildman–Crippen LogP) is -0.0883. The minimum atomic E-state index is -0.582. The number of carbonyl (C=O) groups is 2. The Morgan fingerprint density at radius 1 is 1.27 bits per heavy atom. The zero-order valence-corrected chi connectivity index (χ0v) is 12.6. The van der Waals surface area contributed by atoms with Crippen LogP contribution >= 0.6 is 0 Å². The maximum absolute atomic E-state index is 12.1. The lowest BCUT2D eigenvalue weighted by atomic mass is 10.0. The summed E-state index contributed by atoms with van der Waals surface area (Å²) in [5.74, 6) is 0.135. The SMILES string of the molecule is CN1CCN([C@@H]2CCCN(c3cnc(C(N)=O)cn3)C2)C1=O. The molecular weight excluding hydrogens is 284 g/mol. The Hall–Kier alpha value is -2.38. The maximum Gasteiger partial charge on any atom is 0.320 e. The van der Waals surface area contributed by atoms with Crippen molar-refractivity contribution in [2.75, 3.05) is 38.1 Å². The van der Waals surface area contributed by atoms with Crippen LogP contribution in [0, 0.1) is 0 Å². The van der Waals surface area contributed by atoms with E-state index in [1.54, 1.807) is 11.1 Å².